The van der Waals surface area contributed by atoms with Crippen LogP contribution in [0.25, 0.3) is 0 Å². The predicted molar refractivity (Wildman–Crippen MR) is 109 cm³/mol. The molecule has 3 rings (SSSR count). The number of para-hydroxylation sites is 1. The molecule has 2 aromatic carbocycles. The smallest absolute Gasteiger partial charge is 0.229 e. The Morgan fingerprint density at radius 1 is 1.07 bits per heavy atom. The molecule has 142 valence electrons. The van der Waals surface area contributed by atoms with Crippen molar-refractivity contribution in [3.8, 4) is 0 Å². The van der Waals surface area contributed by atoms with E-state index in [0.717, 1.165) is 35.2 Å². The van der Waals surface area contributed by atoms with Crippen molar-refractivity contribution >= 4 is 17.5 Å². The number of hydrogen-bond acceptors (Lipinski definition) is 2. The predicted octanol–water partition coefficient (Wildman–Crippen LogP) is 4.36. The van der Waals surface area contributed by atoms with E-state index in [1.165, 1.54) is 0 Å². The number of nitrogens with zero attached hydrogens (tertiary/aromatic N) is 1. The van der Waals surface area contributed by atoms with Gasteiger partial charge in [0.15, 0.2) is 0 Å². The maximum absolute atomic E-state index is 12.9. The molecule has 0 saturated carbocycles. The van der Waals surface area contributed by atoms with E-state index in [-0.39, 0.29) is 30.2 Å². The van der Waals surface area contributed by atoms with Crippen LogP contribution in [-0.4, -0.2) is 23.3 Å². The molecule has 1 saturated heterocycles. The van der Waals surface area contributed by atoms with Crippen molar-refractivity contribution in [2.75, 3.05) is 11.9 Å². The standard InChI is InChI=1S/C23H28N2O2/c1-4-17-12-9-13-18(5-2)22(17)24-23(27)20-14-21(26)25(15-20)16(3)19-10-7-6-8-11-19/h6-13,16,20H,4-5,14-15H2,1-3H3,(H,24,27)/t16-,20+/m0/s1. The Labute approximate surface area is 161 Å². The molecule has 1 aliphatic rings. The minimum atomic E-state index is -0.307. The molecular formula is C23H28N2O2. The Bertz CT molecular complexity index is 794. The molecule has 4 nitrogen and oxygen atoms in total. The lowest BCUT2D eigenvalue weighted by atomic mass is 10.0. The first kappa shape index (κ1) is 19.2. The fourth-order valence-electron chi connectivity index (χ4n) is 3.82. The van der Waals surface area contributed by atoms with E-state index in [4.69, 9.17) is 0 Å². The van der Waals surface area contributed by atoms with Crippen LogP contribution < -0.4 is 5.32 Å². The molecule has 2 aromatic rings. The van der Waals surface area contributed by atoms with Crippen LogP contribution in [0, 0.1) is 5.92 Å². The lowest BCUT2D eigenvalue weighted by molar-refractivity contribution is -0.129. The highest BCUT2D eigenvalue weighted by Gasteiger charge is 2.37. The first-order chi connectivity index (χ1) is 13.0. The third-order valence-electron chi connectivity index (χ3n) is 5.53. The molecule has 0 aliphatic carbocycles. The van der Waals surface area contributed by atoms with Crippen molar-refractivity contribution in [2.45, 2.75) is 46.1 Å². The van der Waals surface area contributed by atoms with E-state index in [1.54, 1.807) is 0 Å². The van der Waals surface area contributed by atoms with Crippen molar-refractivity contribution in [3.05, 3.63) is 65.2 Å². The SMILES string of the molecule is CCc1cccc(CC)c1NC(=O)[C@@H]1CC(=O)N([C@@H](C)c2ccccc2)C1. The first-order valence-corrected chi connectivity index (χ1v) is 9.81. The molecule has 1 aliphatic heterocycles. The topological polar surface area (TPSA) is 49.4 Å². The Kier molecular flexibility index (Phi) is 5.94. The maximum Gasteiger partial charge on any atom is 0.229 e. The van der Waals surface area contributed by atoms with Gasteiger partial charge in [-0.1, -0.05) is 62.4 Å². The molecule has 1 N–H and O–H groups in total. The second kappa shape index (κ2) is 8.38. The first-order valence-electron chi connectivity index (χ1n) is 9.81. The molecule has 1 heterocycles. The Balaban J connectivity index is 1.73. The van der Waals surface area contributed by atoms with Gasteiger partial charge in [0.25, 0.3) is 0 Å². The second-order valence-corrected chi connectivity index (χ2v) is 7.18. The van der Waals surface area contributed by atoms with Gasteiger partial charge in [-0.3, -0.25) is 9.59 Å². The lowest BCUT2D eigenvalue weighted by Crippen LogP contribution is -2.30. The molecule has 0 radical (unpaired) electrons. The Hall–Kier alpha value is -2.62. The molecule has 0 spiro atoms. The average Bonchev–Trinajstić information content (AvgIpc) is 3.10. The third kappa shape index (κ3) is 4.05. The van der Waals surface area contributed by atoms with Crippen molar-refractivity contribution in [1.82, 2.24) is 4.90 Å². The van der Waals surface area contributed by atoms with Crippen LogP contribution in [-0.2, 0) is 22.4 Å². The fraction of sp³-hybridized carbons (Fsp3) is 0.391. The highest BCUT2D eigenvalue weighted by molar-refractivity contribution is 5.98. The second-order valence-electron chi connectivity index (χ2n) is 7.18. The van der Waals surface area contributed by atoms with Gasteiger partial charge in [-0.15, -0.1) is 0 Å². The van der Waals surface area contributed by atoms with Gasteiger partial charge in [0.1, 0.15) is 0 Å². The number of likely N-dealkylation sites (tertiary alicyclic amines) is 1. The number of rotatable bonds is 6. The van der Waals surface area contributed by atoms with E-state index in [9.17, 15) is 9.59 Å². The number of amides is 2. The number of aryl methyl sites for hydroxylation is 2. The zero-order chi connectivity index (χ0) is 19.4. The maximum atomic E-state index is 12.9. The minimum Gasteiger partial charge on any atom is -0.335 e. The quantitative estimate of drug-likeness (QED) is 0.828. The van der Waals surface area contributed by atoms with E-state index >= 15 is 0 Å². The van der Waals surface area contributed by atoms with E-state index in [0.29, 0.717) is 6.54 Å². The summed E-state index contributed by atoms with van der Waals surface area (Å²) in [6.45, 7) is 6.67. The van der Waals surface area contributed by atoms with Gasteiger partial charge in [0.05, 0.1) is 12.0 Å². The summed E-state index contributed by atoms with van der Waals surface area (Å²) in [6, 6.07) is 16.1. The summed E-state index contributed by atoms with van der Waals surface area (Å²) in [5.41, 5.74) is 4.30. The monoisotopic (exact) mass is 364 g/mol. The number of anilines is 1. The van der Waals surface area contributed by atoms with E-state index < -0.39 is 0 Å². The van der Waals surface area contributed by atoms with E-state index in [2.05, 4.69) is 31.3 Å². The summed E-state index contributed by atoms with van der Waals surface area (Å²) in [5, 5.41) is 3.12. The van der Waals surface area contributed by atoms with Crippen LogP contribution in [0.3, 0.4) is 0 Å². The van der Waals surface area contributed by atoms with Crippen molar-refractivity contribution < 1.29 is 9.59 Å². The number of carbonyl (C=O) groups excluding carboxylic acids is 2. The molecular weight excluding hydrogens is 336 g/mol. The zero-order valence-electron chi connectivity index (χ0n) is 16.4. The summed E-state index contributed by atoms with van der Waals surface area (Å²) in [7, 11) is 0. The normalized spacial score (nSPS) is 17.8. The molecule has 2 atom stereocenters. The van der Waals surface area contributed by atoms with Crippen LogP contribution in [0.5, 0.6) is 0 Å². The van der Waals surface area contributed by atoms with Crippen LogP contribution >= 0.6 is 0 Å². The summed E-state index contributed by atoms with van der Waals surface area (Å²) in [6.07, 6.45) is 2.01. The summed E-state index contributed by atoms with van der Waals surface area (Å²) >= 11 is 0. The molecule has 0 aromatic heterocycles. The summed E-state index contributed by atoms with van der Waals surface area (Å²) < 4.78 is 0. The molecule has 0 unspecified atom stereocenters. The third-order valence-corrected chi connectivity index (χ3v) is 5.53. The van der Waals surface area contributed by atoms with Gasteiger partial charge >= 0.3 is 0 Å². The minimum absolute atomic E-state index is 0.0226. The summed E-state index contributed by atoms with van der Waals surface area (Å²) in [4.78, 5) is 27.3. The van der Waals surface area contributed by atoms with Gasteiger partial charge in [0, 0.05) is 18.7 Å². The number of nitrogens with one attached hydrogen (secondary N) is 1. The van der Waals surface area contributed by atoms with Crippen LogP contribution in [0.1, 0.15) is 49.9 Å². The summed E-state index contributed by atoms with van der Waals surface area (Å²) in [5.74, 6) is -0.314. The fourth-order valence-corrected chi connectivity index (χ4v) is 3.82. The van der Waals surface area contributed by atoms with Crippen LogP contribution in [0.4, 0.5) is 5.69 Å². The van der Waals surface area contributed by atoms with Gasteiger partial charge < -0.3 is 10.2 Å². The molecule has 27 heavy (non-hydrogen) atoms. The van der Waals surface area contributed by atoms with Crippen molar-refractivity contribution in [3.63, 3.8) is 0 Å². The van der Waals surface area contributed by atoms with Crippen LogP contribution in [0.15, 0.2) is 48.5 Å². The molecule has 1 fully saturated rings. The Morgan fingerprint density at radius 2 is 1.70 bits per heavy atom. The molecule has 4 heteroatoms. The van der Waals surface area contributed by atoms with Crippen LogP contribution in [0.2, 0.25) is 0 Å². The average molecular weight is 364 g/mol. The largest absolute Gasteiger partial charge is 0.335 e. The molecule has 0 bridgehead atoms. The van der Waals surface area contributed by atoms with E-state index in [1.807, 2.05) is 48.2 Å². The highest BCUT2D eigenvalue weighted by atomic mass is 16.2. The zero-order valence-corrected chi connectivity index (χ0v) is 16.4. The highest BCUT2D eigenvalue weighted by Crippen LogP contribution is 2.30. The van der Waals surface area contributed by atoms with Gasteiger partial charge in [0.2, 0.25) is 11.8 Å². The number of benzene rings is 2. The Morgan fingerprint density at radius 3 is 2.30 bits per heavy atom. The van der Waals surface area contributed by atoms with Crippen molar-refractivity contribution in [1.29, 1.82) is 0 Å². The van der Waals surface area contributed by atoms with Gasteiger partial charge in [-0.25, -0.2) is 0 Å². The molecule has 2 amide bonds. The van der Waals surface area contributed by atoms with Crippen molar-refractivity contribution in [2.24, 2.45) is 5.92 Å². The number of carbonyl (C=O) groups is 2. The van der Waals surface area contributed by atoms with Gasteiger partial charge in [-0.2, -0.15) is 0 Å². The lowest BCUT2D eigenvalue weighted by Gasteiger charge is -2.25. The van der Waals surface area contributed by atoms with Gasteiger partial charge in [-0.05, 0) is 36.5 Å². The number of hydrogen-bond donors (Lipinski definition) is 1.